The van der Waals surface area contributed by atoms with Crippen LogP contribution in [0.3, 0.4) is 0 Å². The van der Waals surface area contributed by atoms with Gasteiger partial charge in [0, 0.05) is 31.7 Å². The molecule has 1 saturated heterocycles. The van der Waals surface area contributed by atoms with E-state index < -0.39 is 0 Å². The van der Waals surface area contributed by atoms with Gasteiger partial charge in [-0.25, -0.2) is 0 Å². The molecule has 0 bridgehead atoms. The van der Waals surface area contributed by atoms with E-state index in [0.717, 1.165) is 32.8 Å². The van der Waals surface area contributed by atoms with Gasteiger partial charge in [0.1, 0.15) is 0 Å². The second-order valence-corrected chi connectivity index (χ2v) is 6.98. The minimum atomic E-state index is 0.448. The predicted octanol–water partition coefficient (Wildman–Crippen LogP) is 2.51. The largest absolute Gasteiger partial charge is 0.379 e. The standard InChI is InChI=1S/C15H32N2O/c1-13(6-7-15(3,4)5)16-14(2)12-17-8-10-18-11-9-17/h13-14,16H,6-12H2,1-5H3. The average Bonchev–Trinajstić information content (AvgIpc) is 2.26. The maximum atomic E-state index is 5.38. The lowest BCUT2D eigenvalue weighted by atomic mass is 9.89. The maximum absolute atomic E-state index is 5.38. The zero-order chi connectivity index (χ0) is 13.6. The van der Waals surface area contributed by atoms with E-state index in [1.165, 1.54) is 12.8 Å². The lowest BCUT2D eigenvalue weighted by Gasteiger charge is -2.31. The number of ether oxygens (including phenoxy) is 1. The second-order valence-electron chi connectivity index (χ2n) is 6.98. The van der Waals surface area contributed by atoms with Crippen LogP contribution >= 0.6 is 0 Å². The first-order valence-corrected chi connectivity index (χ1v) is 7.43. The Morgan fingerprint density at radius 2 is 1.72 bits per heavy atom. The highest BCUT2D eigenvalue weighted by Gasteiger charge is 2.16. The summed E-state index contributed by atoms with van der Waals surface area (Å²) in [5.41, 5.74) is 0.448. The summed E-state index contributed by atoms with van der Waals surface area (Å²) in [6.07, 6.45) is 2.54. The summed E-state index contributed by atoms with van der Waals surface area (Å²) >= 11 is 0. The Kier molecular flexibility index (Phi) is 6.61. The van der Waals surface area contributed by atoms with Crippen LogP contribution in [0.1, 0.15) is 47.5 Å². The van der Waals surface area contributed by atoms with Crippen molar-refractivity contribution in [3.8, 4) is 0 Å². The van der Waals surface area contributed by atoms with E-state index >= 15 is 0 Å². The van der Waals surface area contributed by atoms with Crippen LogP contribution in [-0.2, 0) is 4.74 Å². The Morgan fingerprint density at radius 3 is 2.28 bits per heavy atom. The van der Waals surface area contributed by atoms with Crippen molar-refractivity contribution in [1.29, 1.82) is 0 Å². The second kappa shape index (κ2) is 7.46. The van der Waals surface area contributed by atoms with Gasteiger partial charge in [-0.1, -0.05) is 20.8 Å². The van der Waals surface area contributed by atoms with Gasteiger partial charge in [0.15, 0.2) is 0 Å². The number of nitrogens with zero attached hydrogens (tertiary/aromatic N) is 1. The van der Waals surface area contributed by atoms with Gasteiger partial charge in [0.25, 0.3) is 0 Å². The van der Waals surface area contributed by atoms with Crippen LogP contribution in [-0.4, -0.2) is 49.8 Å². The lowest BCUT2D eigenvalue weighted by Crippen LogP contribution is -2.46. The van der Waals surface area contributed by atoms with Crippen LogP contribution in [0.15, 0.2) is 0 Å². The van der Waals surface area contributed by atoms with Gasteiger partial charge in [-0.05, 0) is 32.1 Å². The van der Waals surface area contributed by atoms with E-state index in [2.05, 4.69) is 44.8 Å². The van der Waals surface area contributed by atoms with Gasteiger partial charge in [-0.2, -0.15) is 0 Å². The van der Waals surface area contributed by atoms with Crippen LogP contribution in [0.5, 0.6) is 0 Å². The molecular formula is C15H32N2O. The van der Waals surface area contributed by atoms with Crippen LogP contribution < -0.4 is 5.32 Å². The van der Waals surface area contributed by atoms with E-state index in [4.69, 9.17) is 4.74 Å². The molecule has 18 heavy (non-hydrogen) atoms. The third-order valence-electron chi connectivity index (χ3n) is 3.53. The fourth-order valence-corrected chi connectivity index (χ4v) is 2.44. The molecule has 1 rings (SSSR count). The predicted molar refractivity (Wildman–Crippen MR) is 78.0 cm³/mol. The molecule has 1 aliphatic heterocycles. The number of rotatable bonds is 6. The topological polar surface area (TPSA) is 24.5 Å². The van der Waals surface area contributed by atoms with Gasteiger partial charge in [-0.3, -0.25) is 4.90 Å². The lowest BCUT2D eigenvalue weighted by molar-refractivity contribution is 0.0338. The minimum Gasteiger partial charge on any atom is -0.379 e. The normalized spacial score (nSPS) is 21.8. The number of hydrogen-bond donors (Lipinski definition) is 1. The molecule has 3 heteroatoms. The Morgan fingerprint density at radius 1 is 1.11 bits per heavy atom. The zero-order valence-electron chi connectivity index (χ0n) is 13.0. The Balaban J connectivity index is 2.16. The third kappa shape index (κ3) is 7.34. The van der Waals surface area contributed by atoms with Crippen molar-refractivity contribution in [3.63, 3.8) is 0 Å². The molecule has 0 radical (unpaired) electrons. The van der Waals surface area contributed by atoms with Gasteiger partial charge in [-0.15, -0.1) is 0 Å². The molecule has 1 fully saturated rings. The Bertz CT molecular complexity index is 219. The summed E-state index contributed by atoms with van der Waals surface area (Å²) in [5.74, 6) is 0. The molecular weight excluding hydrogens is 224 g/mol. The molecule has 0 saturated carbocycles. The van der Waals surface area contributed by atoms with Gasteiger partial charge >= 0.3 is 0 Å². The minimum absolute atomic E-state index is 0.448. The summed E-state index contributed by atoms with van der Waals surface area (Å²) in [6, 6.07) is 1.18. The van der Waals surface area contributed by atoms with Crippen LogP contribution in [0, 0.1) is 5.41 Å². The van der Waals surface area contributed by atoms with E-state index in [1.807, 2.05) is 0 Å². The summed E-state index contributed by atoms with van der Waals surface area (Å²) in [6.45, 7) is 16.7. The molecule has 1 heterocycles. The summed E-state index contributed by atoms with van der Waals surface area (Å²) in [5, 5.41) is 3.72. The first-order valence-electron chi connectivity index (χ1n) is 7.43. The van der Waals surface area contributed by atoms with E-state index in [0.29, 0.717) is 17.5 Å². The quantitative estimate of drug-likeness (QED) is 0.790. The number of nitrogens with one attached hydrogen (secondary N) is 1. The Labute approximate surface area is 113 Å². The monoisotopic (exact) mass is 256 g/mol. The third-order valence-corrected chi connectivity index (χ3v) is 3.53. The van der Waals surface area contributed by atoms with Crippen molar-refractivity contribution in [1.82, 2.24) is 10.2 Å². The van der Waals surface area contributed by atoms with Crippen molar-refractivity contribution in [2.24, 2.45) is 5.41 Å². The number of hydrogen-bond acceptors (Lipinski definition) is 3. The van der Waals surface area contributed by atoms with Crippen molar-refractivity contribution >= 4 is 0 Å². The number of morpholine rings is 1. The summed E-state index contributed by atoms with van der Waals surface area (Å²) < 4.78 is 5.38. The molecule has 0 amide bonds. The fourth-order valence-electron chi connectivity index (χ4n) is 2.44. The van der Waals surface area contributed by atoms with Crippen molar-refractivity contribution < 1.29 is 4.74 Å². The Hall–Kier alpha value is -0.120. The van der Waals surface area contributed by atoms with Crippen LogP contribution in [0.2, 0.25) is 0 Å². The van der Waals surface area contributed by atoms with Gasteiger partial charge in [0.05, 0.1) is 13.2 Å². The molecule has 0 aromatic rings. The molecule has 3 nitrogen and oxygen atoms in total. The molecule has 0 aromatic carbocycles. The highest BCUT2D eigenvalue weighted by molar-refractivity contribution is 4.74. The highest BCUT2D eigenvalue weighted by Crippen LogP contribution is 2.21. The zero-order valence-corrected chi connectivity index (χ0v) is 13.0. The van der Waals surface area contributed by atoms with Crippen LogP contribution in [0.25, 0.3) is 0 Å². The highest BCUT2D eigenvalue weighted by atomic mass is 16.5. The molecule has 0 spiro atoms. The average molecular weight is 256 g/mol. The molecule has 1 aliphatic rings. The van der Waals surface area contributed by atoms with Gasteiger partial charge < -0.3 is 10.1 Å². The molecule has 2 atom stereocenters. The maximum Gasteiger partial charge on any atom is 0.0594 e. The molecule has 108 valence electrons. The van der Waals surface area contributed by atoms with Crippen LogP contribution in [0.4, 0.5) is 0 Å². The van der Waals surface area contributed by atoms with E-state index in [9.17, 15) is 0 Å². The smallest absolute Gasteiger partial charge is 0.0594 e. The fraction of sp³-hybridized carbons (Fsp3) is 1.00. The SMILES string of the molecule is CC(CCC(C)(C)C)NC(C)CN1CCOCC1. The van der Waals surface area contributed by atoms with Gasteiger partial charge in [0.2, 0.25) is 0 Å². The molecule has 2 unspecified atom stereocenters. The van der Waals surface area contributed by atoms with E-state index in [-0.39, 0.29) is 0 Å². The summed E-state index contributed by atoms with van der Waals surface area (Å²) in [7, 11) is 0. The van der Waals surface area contributed by atoms with Crippen molar-refractivity contribution in [2.75, 3.05) is 32.8 Å². The molecule has 0 aliphatic carbocycles. The molecule has 1 N–H and O–H groups in total. The first kappa shape index (κ1) is 15.9. The first-order chi connectivity index (χ1) is 8.37. The summed E-state index contributed by atoms with van der Waals surface area (Å²) in [4.78, 5) is 2.50. The van der Waals surface area contributed by atoms with E-state index in [1.54, 1.807) is 0 Å². The van der Waals surface area contributed by atoms with Crippen molar-refractivity contribution in [2.45, 2.75) is 59.5 Å². The molecule has 0 aromatic heterocycles. The van der Waals surface area contributed by atoms with Crippen molar-refractivity contribution in [3.05, 3.63) is 0 Å².